The van der Waals surface area contributed by atoms with Crippen molar-refractivity contribution < 1.29 is 0 Å². The first kappa shape index (κ1) is 7.35. The normalized spacial score (nSPS) is 37.1. The van der Waals surface area contributed by atoms with Gasteiger partial charge in [0.05, 0.1) is 0 Å². The summed E-state index contributed by atoms with van der Waals surface area (Å²) in [6.07, 6.45) is 5.37. The molecule has 4 nitrogen and oxygen atoms in total. The Morgan fingerprint density at radius 2 is 2.15 bits per heavy atom. The van der Waals surface area contributed by atoms with E-state index in [2.05, 4.69) is 15.2 Å². The predicted molar refractivity (Wildman–Crippen MR) is 49.0 cm³/mol. The second-order valence-electron chi connectivity index (χ2n) is 4.34. The minimum absolute atomic E-state index is 0.382. The number of nitrogens with two attached hydrogens (primary N) is 1. The van der Waals surface area contributed by atoms with Crippen LogP contribution in [0.15, 0.2) is 0 Å². The van der Waals surface area contributed by atoms with Gasteiger partial charge in [0.15, 0.2) is 0 Å². The summed E-state index contributed by atoms with van der Waals surface area (Å²) in [5.74, 6) is 3.99. The minimum Gasteiger partial charge on any atom is -0.367 e. The van der Waals surface area contributed by atoms with Crippen molar-refractivity contribution in [3.63, 3.8) is 0 Å². The largest absolute Gasteiger partial charge is 0.367 e. The Morgan fingerprint density at radius 3 is 2.85 bits per heavy atom. The average molecular weight is 178 g/mol. The molecule has 0 bridgehead atoms. The molecule has 0 aliphatic heterocycles. The van der Waals surface area contributed by atoms with Crippen LogP contribution in [0, 0.1) is 11.8 Å². The lowest BCUT2D eigenvalue weighted by Gasteiger charge is -2.18. The molecule has 1 heterocycles. The van der Waals surface area contributed by atoms with Gasteiger partial charge in [0.25, 0.3) is 0 Å². The van der Waals surface area contributed by atoms with Gasteiger partial charge in [-0.2, -0.15) is 4.98 Å². The molecule has 0 aromatic carbocycles. The van der Waals surface area contributed by atoms with Crippen LogP contribution in [-0.2, 0) is 0 Å². The van der Waals surface area contributed by atoms with E-state index in [4.69, 9.17) is 5.73 Å². The van der Waals surface area contributed by atoms with E-state index in [1.54, 1.807) is 0 Å². The van der Waals surface area contributed by atoms with Crippen LogP contribution in [0.4, 0.5) is 5.95 Å². The van der Waals surface area contributed by atoms with E-state index in [1.165, 1.54) is 25.7 Å². The Morgan fingerprint density at radius 1 is 1.23 bits per heavy atom. The Kier molecular flexibility index (Phi) is 1.39. The zero-order valence-corrected chi connectivity index (χ0v) is 7.53. The molecule has 3 unspecified atom stereocenters. The van der Waals surface area contributed by atoms with Crippen molar-refractivity contribution in [1.29, 1.82) is 0 Å². The summed E-state index contributed by atoms with van der Waals surface area (Å²) in [7, 11) is 0. The highest BCUT2D eigenvalue weighted by atomic mass is 15.3. The van der Waals surface area contributed by atoms with Gasteiger partial charge in [0.1, 0.15) is 5.82 Å². The number of nitrogens with zero attached hydrogens (tertiary/aromatic N) is 2. The van der Waals surface area contributed by atoms with Crippen molar-refractivity contribution in [3.05, 3.63) is 5.82 Å². The highest BCUT2D eigenvalue weighted by Crippen LogP contribution is 2.53. The van der Waals surface area contributed by atoms with Gasteiger partial charge in [-0.3, -0.25) is 5.10 Å². The number of hydrogen-bond acceptors (Lipinski definition) is 3. The van der Waals surface area contributed by atoms with Crippen LogP contribution in [0.25, 0.3) is 0 Å². The van der Waals surface area contributed by atoms with E-state index < -0.39 is 0 Å². The van der Waals surface area contributed by atoms with Gasteiger partial charge < -0.3 is 5.73 Å². The number of fused-ring (bicyclic) bond motifs is 1. The zero-order valence-electron chi connectivity index (χ0n) is 7.53. The third-order valence-electron chi connectivity index (χ3n) is 3.45. The quantitative estimate of drug-likeness (QED) is 0.681. The molecule has 0 spiro atoms. The van der Waals surface area contributed by atoms with Gasteiger partial charge in [-0.05, 0) is 37.5 Å². The van der Waals surface area contributed by atoms with Crippen LogP contribution in [0.3, 0.4) is 0 Å². The molecular weight excluding hydrogens is 164 g/mol. The molecule has 2 aliphatic rings. The lowest BCUT2D eigenvalue weighted by Crippen LogP contribution is -2.08. The molecule has 1 aromatic heterocycles. The Hall–Kier alpha value is -1.06. The number of hydrogen-bond donors (Lipinski definition) is 2. The summed E-state index contributed by atoms with van der Waals surface area (Å²) in [5.41, 5.74) is 5.48. The molecule has 3 atom stereocenters. The van der Waals surface area contributed by atoms with Gasteiger partial charge >= 0.3 is 0 Å². The lowest BCUT2D eigenvalue weighted by molar-refractivity contribution is 0.411. The summed E-state index contributed by atoms with van der Waals surface area (Å²) >= 11 is 0. The van der Waals surface area contributed by atoms with Gasteiger partial charge in [-0.1, -0.05) is 0 Å². The number of aromatic nitrogens is 3. The second-order valence-corrected chi connectivity index (χ2v) is 4.34. The molecule has 3 rings (SSSR count). The van der Waals surface area contributed by atoms with E-state index in [1.807, 2.05) is 0 Å². The van der Waals surface area contributed by atoms with Gasteiger partial charge in [-0.15, -0.1) is 5.10 Å². The minimum atomic E-state index is 0.382. The number of anilines is 1. The van der Waals surface area contributed by atoms with E-state index in [-0.39, 0.29) is 0 Å². The SMILES string of the molecule is Nc1n[nH]c(C2CCC3CC3C2)n1. The number of nitrogens with one attached hydrogen (secondary N) is 1. The smallest absolute Gasteiger partial charge is 0.239 e. The maximum absolute atomic E-state index is 5.48. The van der Waals surface area contributed by atoms with Gasteiger partial charge in [-0.25, -0.2) is 0 Å². The molecule has 13 heavy (non-hydrogen) atoms. The fourth-order valence-corrected chi connectivity index (χ4v) is 2.57. The summed E-state index contributed by atoms with van der Waals surface area (Å²) < 4.78 is 0. The van der Waals surface area contributed by atoms with Crippen LogP contribution >= 0.6 is 0 Å². The monoisotopic (exact) mass is 178 g/mol. The predicted octanol–water partition coefficient (Wildman–Crippen LogP) is 1.29. The molecule has 2 aliphatic carbocycles. The van der Waals surface area contributed by atoms with Crippen molar-refractivity contribution in [1.82, 2.24) is 15.2 Å². The summed E-state index contributed by atoms with van der Waals surface area (Å²) in [5, 5.41) is 6.80. The molecule has 0 saturated heterocycles. The third-order valence-corrected chi connectivity index (χ3v) is 3.45. The van der Waals surface area contributed by atoms with Crippen LogP contribution in [0.1, 0.15) is 37.4 Å². The summed E-state index contributed by atoms with van der Waals surface area (Å²) in [6.45, 7) is 0. The molecule has 2 saturated carbocycles. The Labute approximate surface area is 76.9 Å². The van der Waals surface area contributed by atoms with Crippen LogP contribution in [0.2, 0.25) is 0 Å². The maximum atomic E-state index is 5.48. The average Bonchev–Trinajstić information content (AvgIpc) is 2.79. The van der Waals surface area contributed by atoms with E-state index in [0.29, 0.717) is 11.9 Å². The number of H-pyrrole nitrogens is 1. The molecule has 1 aromatic rings. The molecule has 3 N–H and O–H groups in total. The number of rotatable bonds is 1. The molecule has 2 fully saturated rings. The molecule has 0 amide bonds. The fraction of sp³-hybridized carbons (Fsp3) is 0.778. The first-order valence-corrected chi connectivity index (χ1v) is 5.00. The molecule has 4 heteroatoms. The number of nitrogen functional groups attached to an aromatic ring is 1. The van der Waals surface area contributed by atoms with Crippen LogP contribution in [0.5, 0.6) is 0 Å². The zero-order chi connectivity index (χ0) is 8.84. The van der Waals surface area contributed by atoms with E-state index >= 15 is 0 Å². The van der Waals surface area contributed by atoms with Crippen molar-refractivity contribution in [2.24, 2.45) is 11.8 Å². The van der Waals surface area contributed by atoms with E-state index in [0.717, 1.165) is 17.7 Å². The summed E-state index contributed by atoms with van der Waals surface area (Å²) in [4.78, 5) is 4.20. The van der Waals surface area contributed by atoms with Crippen molar-refractivity contribution in [2.75, 3.05) is 5.73 Å². The van der Waals surface area contributed by atoms with Crippen molar-refractivity contribution >= 4 is 5.95 Å². The lowest BCUT2D eigenvalue weighted by atomic mass is 9.89. The Balaban J connectivity index is 1.77. The van der Waals surface area contributed by atoms with Crippen LogP contribution in [-0.4, -0.2) is 15.2 Å². The number of aromatic amines is 1. The maximum Gasteiger partial charge on any atom is 0.239 e. The standard InChI is InChI=1S/C9H14N4/c10-9-11-8(12-13-9)6-2-1-5-3-7(5)4-6/h5-7H,1-4H2,(H3,10,11,12,13). The third kappa shape index (κ3) is 1.20. The van der Waals surface area contributed by atoms with E-state index in [9.17, 15) is 0 Å². The highest BCUT2D eigenvalue weighted by Gasteiger charge is 2.42. The fourth-order valence-electron chi connectivity index (χ4n) is 2.57. The van der Waals surface area contributed by atoms with Gasteiger partial charge in [0.2, 0.25) is 5.95 Å². The first-order valence-electron chi connectivity index (χ1n) is 5.00. The molecule has 70 valence electrons. The molecular formula is C9H14N4. The van der Waals surface area contributed by atoms with Crippen molar-refractivity contribution in [2.45, 2.75) is 31.6 Å². The second kappa shape index (κ2) is 2.47. The first-order chi connectivity index (χ1) is 6.33. The van der Waals surface area contributed by atoms with Crippen LogP contribution < -0.4 is 5.73 Å². The van der Waals surface area contributed by atoms with Gasteiger partial charge in [0, 0.05) is 5.92 Å². The Bertz CT molecular complexity index is 319. The topological polar surface area (TPSA) is 67.6 Å². The summed E-state index contributed by atoms with van der Waals surface area (Å²) in [6, 6.07) is 0. The highest BCUT2D eigenvalue weighted by molar-refractivity contribution is 5.15. The molecule has 0 radical (unpaired) electrons. The van der Waals surface area contributed by atoms with Crippen molar-refractivity contribution in [3.8, 4) is 0 Å².